The van der Waals surface area contributed by atoms with E-state index in [4.69, 9.17) is 10.5 Å². The molecule has 1 aromatic carbocycles. The molecule has 4 nitrogen and oxygen atoms in total. The molecule has 0 bridgehead atoms. The zero-order valence-corrected chi connectivity index (χ0v) is 11.3. The minimum Gasteiger partial charge on any atom is -0.382 e. The lowest BCUT2D eigenvalue weighted by atomic mass is 10.2. The zero-order chi connectivity index (χ0) is 13.1. The quantitative estimate of drug-likeness (QED) is 0.871. The van der Waals surface area contributed by atoms with Crippen molar-refractivity contribution in [2.45, 2.75) is 31.3 Å². The average molecular weight is 261 g/mol. The molecule has 1 aliphatic heterocycles. The number of hydrogen-bond donors (Lipinski definition) is 2. The fourth-order valence-electron chi connectivity index (χ4n) is 2.97. The van der Waals surface area contributed by atoms with Crippen LogP contribution in [-0.4, -0.2) is 38.4 Å². The minimum absolute atomic E-state index is 0.380. The number of benzene rings is 1. The Hall–Kier alpha value is -1.26. The summed E-state index contributed by atoms with van der Waals surface area (Å²) in [6, 6.07) is 9.67. The summed E-state index contributed by atoms with van der Waals surface area (Å²) < 4.78 is 5.38. The Labute approximate surface area is 114 Å². The third-order valence-electron chi connectivity index (χ3n) is 4.09. The first kappa shape index (κ1) is 12.8. The lowest BCUT2D eigenvalue weighted by Crippen LogP contribution is -2.36. The summed E-state index contributed by atoms with van der Waals surface area (Å²) >= 11 is 0. The van der Waals surface area contributed by atoms with Crippen molar-refractivity contribution in [2.24, 2.45) is 5.73 Å². The van der Waals surface area contributed by atoms with E-state index in [1.165, 1.54) is 17.8 Å². The summed E-state index contributed by atoms with van der Waals surface area (Å²) in [5.41, 5.74) is 8.44. The molecule has 0 radical (unpaired) electrons. The Morgan fingerprint density at radius 1 is 1.11 bits per heavy atom. The molecule has 2 aliphatic rings. The van der Waals surface area contributed by atoms with Crippen LogP contribution < -0.4 is 16.0 Å². The van der Waals surface area contributed by atoms with E-state index >= 15 is 0 Å². The van der Waals surface area contributed by atoms with Gasteiger partial charge in [-0.2, -0.15) is 0 Å². The molecule has 2 unspecified atom stereocenters. The molecule has 2 fully saturated rings. The van der Waals surface area contributed by atoms with Crippen LogP contribution in [0.1, 0.15) is 19.3 Å². The van der Waals surface area contributed by atoms with Gasteiger partial charge in [0.2, 0.25) is 0 Å². The molecule has 104 valence electrons. The highest BCUT2D eigenvalue weighted by Crippen LogP contribution is 2.24. The van der Waals surface area contributed by atoms with Gasteiger partial charge in [-0.1, -0.05) is 0 Å². The maximum Gasteiger partial charge on any atom is 0.0642 e. The Balaban J connectivity index is 1.59. The van der Waals surface area contributed by atoms with E-state index in [0.29, 0.717) is 12.1 Å². The van der Waals surface area contributed by atoms with E-state index in [-0.39, 0.29) is 0 Å². The van der Waals surface area contributed by atoms with Crippen LogP contribution in [0.25, 0.3) is 0 Å². The summed E-state index contributed by atoms with van der Waals surface area (Å²) in [4.78, 5) is 2.37. The van der Waals surface area contributed by atoms with Crippen molar-refractivity contribution < 1.29 is 4.74 Å². The monoisotopic (exact) mass is 261 g/mol. The summed E-state index contributed by atoms with van der Waals surface area (Å²) in [6.07, 6.45) is 3.42. The van der Waals surface area contributed by atoms with Crippen molar-refractivity contribution in [3.05, 3.63) is 24.3 Å². The van der Waals surface area contributed by atoms with Crippen LogP contribution in [0.3, 0.4) is 0 Å². The SMILES string of the molecule is NC1CCC(Nc2ccc(N3CCOCC3)cc2)C1. The average Bonchev–Trinajstić information content (AvgIpc) is 2.86. The molecule has 1 aliphatic carbocycles. The molecule has 19 heavy (non-hydrogen) atoms. The molecule has 3 N–H and O–H groups in total. The van der Waals surface area contributed by atoms with Gasteiger partial charge in [-0.05, 0) is 43.5 Å². The number of nitrogens with two attached hydrogens (primary N) is 1. The van der Waals surface area contributed by atoms with Crippen LogP contribution >= 0.6 is 0 Å². The van der Waals surface area contributed by atoms with Crippen LogP contribution in [-0.2, 0) is 4.74 Å². The van der Waals surface area contributed by atoms with Crippen LogP contribution in [0.4, 0.5) is 11.4 Å². The van der Waals surface area contributed by atoms with E-state index in [1.807, 2.05) is 0 Å². The van der Waals surface area contributed by atoms with Crippen molar-refractivity contribution in [2.75, 3.05) is 36.5 Å². The highest BCUT2D eigenvalue weighted by Gasteiger charge is 2.21. The van der Waals surface area contributed by atoms with Gasteiger partial charge in [0.1, 0.15) is 0 Å². The first-order chi connectivity index (χ1) is 9.31. The van der Waals surface area contributed by atoms with Crippen molar-refractivity contribution >= 4 is 11.4 Å². The highest BCUT2D eigenvalue weighted by molar-refractivity contribution is 5.55. The Morgan fingerprint density at radius 3 is 2.47 bits per heavy atom. The number of morpholine rings is 1. The minimum atomic E-state index is 0.380. The van der Waals surface area contributed by atoms with Gasteiger partial charge >= 0.3 is 0 Å². The van der Waals surface area contributed by atoms with Gasteiger partial charge in [-0.25, -0.2) is 0 Å². The van der Waals surface area contributed by atoms with Crippen LogP contribution in [0, 0.1) is 0 Å². The van der Waals surface area contributed by atoms with Crippen molar-refractivity contribution in [1.29, 1.82) is 0 Å². The first-order valence-electron chi connectivity index (χ1n) is 7.26. The molecule has 4 heteroatoms. The largest absolute Gasteiger partial charge is 0.382 e. The molecule has 0 amide bonds. The lowest BCUT2D eigenvalue weighted by Gasteiger charge is -2.29. The molecule has 1 saturated carbocycles. The van der Waals surface area contributed by atoms with E-state index in [0.717, 1.165) is 39.1 Å². The number of rotatable bonds is 3. The van der Waals surface area contributed by atoms with E-state index in [1.54, 1.807) is 0 Å². The Kier molecular flexibility index (Phi) is 3.89. The molecule has 0 spiro atoms. The topological polar surface area (TPSA) is 50.5 Å². The smallest absolute Gasteiger partial charge is 0.0642 e. The Bertz CT molecular complexity index is 400. The van der Waals surface area contributed by atoms with Crippen molar-refractivity contribution in [3.8, 4) is 0 Å². The third kappa shape index (κ3) is 3.19. The molecule has 3 rings (SSSR count). The summed E-state index contributed by atoms with van der Waals surface area (Å²) in [7, 11) is 0. The molecule has 1 aromatic rings. The summed E-state index contributed by atoms with van der Waals surface area (Å²) in [5, 5.41) is 3.58. The molecular weight excluding hydrogens is 238 g/mol. The normalized spacial score (nSPS) is 27.5. The fraction of sp³-hybridized carbons (Fsp3) is 0.600. The van der Waals surface area contributed by atoms with Gasteiger partial charge in [0.15, 0.2) is 0 Å². The number of ether oxygens (including phenoxy) is 1. The summed E-state index contributed by atoms with van der Waals surface area (Å²) in [5.74, 6) is 0. The molecular formula is C15H23N3O. The predicted molar refractivity (Wildman–Crippen MR) is 78.7 cm³/mol. The van der Waals surface area contributed by atoms with Gasteiger partial charge in [0, 0.05) is 36.5 Å². The number of hydrogen-bond acceptors (Lipinski definition) is 4. The van der Waals surface area contributed by atoms with E-state index in [9.17, 15) is 0 Å². The second-order valence-electron chi connectivity index (χ2n) is 5.56. The molecule has 1 saturated heterocycles. The van der Waals surface area contributed by atoms with E-state index in [2.05, 4.69) is 34.5 Å². The third-order valence-corrected chi connectivity index (χ3v) is 4.09. The predicted octanol–water partition coefficient (Wildman–Crippen LogP) is 1.81. The lowest BCUT2D eigenvalue weighted by molar-refractivity contribution is 0.122. The molecule has 2 atom stereocenters. The number of anilines is 2. The van der Waals surface area contributed by atoms with Crippen molar-refractivity contribution in [1.82, 2.24) is 0 Å². The van der Waals surface area contributed by atoms with Crippen molar-refractivity contribution in [3.63, 3.8) is 0 Å². The Morgan fingerprint density at radius 2 is 1.84 bits per heavy atom. The standard InChI is InChI=1S/C15H23N3O/c16-12-1-2-14(11-12)17-13-3-5-15(6-4-13)18-7-9-19-10-8-18/h3-6,12,14,17H,1-2,7-11,16H2. The maximum absolute atomic E-state index is 5.94. The van der Waals surface area contributed by atoms with Gasteiger partial charge in [-0.15, -0.1) is 0 Å². The van der Waals surface area contributed by atoms with Crippen LogP contribution in [0.15, 0.2) is 24.3 Å². The van der Waals surface area contributed by atoms with Gasteiger partial charge in [-0.3, -0.25) is 0 Å². The second kappa shape index (κ2) is 5.80. The van der Waals surface area contributed by atoms with Crippen LogP contribution in [0.5, 0.6) is 0 Å². The maximum atomic E-state index is 5.94. The first-order valence-corrected chi connectivity index (χ1v) is 7.26. The highest BCUT2D eigenvalue weighted by atomic mass is 16.5. The fourth-order valence-corrected chi connectivity index (χ4v) is 2.97. The van der Waals surface area contributed by atoms with Gasteiger partial charge < -0.3 is 20.7 Å². The van der Waals surface area contributed by atoms with Crippen LogP contribution in [0.2, 0.25) is 0 Å². The van der Waals surface area contributed by atoms with E-state index < -0.39 is 0 Å². The van der Waals surface area contributed by atoms with Gasteiger partial charge in [0.05, 0.1) is 13.2 Å². The zero-order valence-electron chi connectivity index (χ0n) is 11.3. The van der Waals surface area contributed by atoms with Gasteiger partial charge in [0.25, 0.3) is 0 Å². The second-order valence-corrected chi connectivity index (χ2v) is 5.56. The molecule has 0 aromatic heterocycles. The summed E-state index contributed by atoms with van der Waals surface area (Å²) in [6.45, 7) is 3.65. The number of nitrogens with zero attached hydrogens (tertiary/aromatic N) is 1. The number of nitrogens with one attached hydrogen (secondary N) is 1. The molecule has 1 heterocycles.